The van der Waals surface area contributed by atoms with Crippen LogP contribution in [0.5, 0.6) is 0 Å². The molecule has 0 N–H and O–H groups in total. The maximum absolute atomic E-state index is 12.4. The predicted molar refractivity (Wildman–Crippen MR) is 104 cm³/mol. The van der Waals surface area contributed by atoms with Gasteiger partial charge in [0.15, 0.2) is 5.78 Å². The Hall–Kier alpha value is -1.20. The average molecular weight is 367 g/mol. The molecule has 0 bridgehead atoms. The molecule has 0 spiro atoms. The second-order valence-electron chi connectivity index (χ2n) is 8.71. The molecule has 0 amide bonds. The Morgan fingerprint density at radius 1 is 1.32 bits per heavy atom. The van der Waals surface area contributed by atoms with Crippen LogP contribution in [0.4, 0.5) is 0 Å². The van der Waals surface area contributed by atoms with E-state index in [2.05, 4.69) is 30.5 Å². The zero-order valence-corrected chi connectivity index (χ0v) is 17.9. The van der Waals surface area contributed by atoms with E-state index in [9.17, 15) is 9.59 Å². The zero-order chi connectivity index (χ0) is 19.3. The fourth-order valence-corrected chi connectivity index (χ4v) is 4.33. The van der Waals surface area contributed by atoms with Crippen molar-refractivity contribution >= 4 is 19.8 Å². The van der Waals surface area contributed by atoms with Crippen LogP contribution >= 0.6 is 0 Å². The topological polar surface area (TPSA) is 52.6 Å². The van der Waals surface area contributed by atoms with Gasteiger partial charge in [-0.2, -0.15) is 0 Å². The minimum absolute atomic E-state index is 0.107. The molecule has 142 valence electrons. The first-order chi connectivity index (χ1) is 11.4. The van der Waals surface area contributed by atoms with Crippen molar-refractivity contribution in [3.05, 3.63) is 22.9 Å². The van der Waals surface area contributed by atoms with E-state index in [0.717, 1.165) is 24.8 Å². The highest BCUT2D eigenvalue weighted by atomic mass is 28.3. The van der Waals surface area contributed by atoms with Crippen LogP contribution in [-0.2, 0) is 19.1 Å². The number of hydrogen-bond acceptors (Lipinski definition) is 4. The lowest BCUT2D eigenvalue weighted by atomic mass is 10.1. The number of Topliss-reactive ketones (excluding diaryl/α,β-unsaturated/α-hetero) is 1. The van der Waals surface area contributed by atoms with E-state index in [4.69, 9.17) is 4.74 Å². The summed E-state index contributed by atoms with van der Waals surface area (Å²) in [5, 5.41) is 1.37. The van der Waals surface area contributed by atoms with Crippen LogP contribution in [0.15, 0.2) is 22.9 Å². The third kappa shape index (κ3) is 8.14. The fourth-order valence-electron chi connectivity index (χ4n) is 2.85. The van der Waals surface area contributed by atoms with E-state index in [1.54, 1.807) is 0 Å². The van der Waals surface area contributed by atoms with Crippen molar-refractivity contribution in [2.45, 2.75) is 84.2 Å². The predicted octanol–water partition coefficient (Wildman–Crippen LogP) is 4.61. The number of esters is 1. The lowest BCUT2D eigenvalue weighted by Gasteiger charge is -2.23. The van der Waals surface area contributed by atoms with Crippen LogP contribution in [-0.4, -0.2) is 38.6 Å². The molecule has 0 radical (unpaired) electrons. The minimum Gasteiger partial charge on any atom is -0.469 e. The minimum atomic E-state index is -1.53. The van der Waals surface area contributed by atoms with Gasteiger partial charge in [-0.3, -0.25) is 9.59 Å². The molecule has 1 aliphatic rings. The molecule has 1 aliphatic carbocycles. The van der Waals surface area contributed by atoms with Gasteiger partial charge in [-0.15, -0.1) is 0 Å². The Balaban J connectivity index is 2.76. The maximum Gasteiger partial charge on any atom is 0.305 e. The standard InChI is InChI=1S/C20H34O4Si/c1-20(2,3)24-16-12-15(18(21)14-16)13-17(25(5,6)7)10-8-9-11-19(22)23-4/h10,12,16H,8-9,11,13-14H2,1-7H3/b17-10-. The van der Waals surface area contributed by atoms with Crippen molar-refractivity contribution in [3.63, 3.8) is 0 Å². The van der Waals surface area contributed by atoms with Crippen LogP contribution in [0.1, 0.15) is 52.9 Å². The monoisotopic (exact) mass is 366 g/mol. The first kappa shape index (κ1) is 21.8. The number of unbranched alkanes of at least 4 members (excludes halogenated alkanes) is 1. The third-order valence-electron chi connectivity index (χ3n) is 4.18. The number of allylic oxidation sites excluding steroid dienone is 3. The summed E-state index contributed by atoms with van der Waals surface area (Å²) in [7, 11) is -0.110. The Bertz CT molecular complexity index is 547. The Morgan fingerprint density at radius 2 is 1.96 bits per heavy atom. The SMILES string of the molecule is COC(=O)CCC/C=C(/CC1=CC(OC(C)(C)C)CC1=O)[Si](C)(C)C. The van der Waals surface area contributed by atoms with Crippen molar-refractivity contribution in [1.82, 2.24) is 0 Å². The molecule has 0 aliphatic heterocycles. The van der Waals surface area contributed by atoms with E-state index < -0.39 is 8.07 Å². The number of methoxy groups -OCH3 is 1. The molecule has 0 saturated heterocycles. The first-order valence-electron chi connectivity index (χ1n) is 9.10. The summed E-state index contributed by atoms with van der Waals surface area (Å²) in [6.07, 6.45) is 7.38. The van der Waals surface area contributed by atoms with Crippen LogP contribution in [0.2, 0.25) is 19.6 Å². The third-order valence-corrected chi connectivity index (χ3v) is 6.49. The summed E-state index contributed by atoms with van der Waals surface area (Å²) in [6, 6.07) is 0. The molecule has 0 aromatic heterocycles. The van der Waals surface area contributed by atoms with Gasteiger partial charge in [-0.05, 0) is 51.7 Å². The van der Waals surface area contributed by atoms with Crippen molar-refractivity contribution in [2.75, 3.05) is 7.11 Å². The fraction of sp³-hybridized carbons (Fsp3) is 0.700. The van der Waals surface area contributed by atoms with Crippen LogP contribution in [0.3, 0.4) is 0 Å². The summed E-state index contributed by atoms with van der Waals surface area (Å²) < 4.78 is 10.6. The van der Waals surface area contributed by atoms with Crippen molar-refractivity contribution < 1.29 is 19.1 Å². The van der Waals surface area contributed by atoms with Gasteiger partial charge < -0.3 is 9.47 Å². The number of carbonyl (C=O) groups is 2. The van der Waals surface area contributed by atoms with Gasteiger partial charge in [-0.25, -0.2) is 0 Å². The molecule has 0 fully saturated rings. The Kier molecular flexibility index (Phi) is 7.81. The summed E-state index contributed by atoms with van der Waals surface area (Å²) in [5.74, 6) is 0.0340. The normalized spacial score (nSPS) is 19.2. The molecular weight excluding hydrogens is 332 g/mol. The molecular formula is C20H34O4Si. The van der Waals surface area contributed by atoms with E-state index in [1.165, 1.54) is 12.3 Å². The lowest BCUT2D eigenvalue weighted by Crippen LogP contribution is -2.25. The summed E-state index contributed by atoms with van der Waals surface area (Å²) in [6.45, 7) is 12.9. The summed E-state index contributed by atoms with van der Waals surface area (Å²) >= 11 is 0. The van der Waals surface area contributed by atoms with E-state index in [-0.39, 0.29) is 23.5 Å². The molecule has 0 saturated carbocycles. The number of hydrogen-bond donors (Lipinski definition) is 0. The highest BCUT2D eigenvalue weighted by Crippen LogP contribution is 2.30. The lowest BCUT2D eigenvalue weighted by molar-refractivity contribution is -0.140. The average Bonchev–Trinajstić information content (AvgIpc) is 2.78. The smallest absolute Gasteiger partial charge is 0.305 e. The van der Waals surface area contributed by atoms with Crippen molar-refractivity contribution in [2.24, 2.45) is 0 Å². The largest absolute Gasteiger partial charge is 0.469 e. The molecule has 0 aromatic carbocycles. The molecule has 1 atom stereocenters. The Labute approximate surface area is 153 Å². The maximum atomic E-state index is 12.4. The second kappa shape index (κ2) is 8.95. The highest BCUT2D eigenvalue weighted by Gasteiger charge is 2.30. The van der Waals surface area contributed by atoms with Crippen molar-refractivity contribution in [1.29, 1.82) is 0 Å². The molecule has 1 rings (SSSR count). The van der Waals surface area contributed by atoms with E-state index in [0.29, 0.717) is 12.8 Å². The van der Waals surface area contributed by atoms with E-state index >= 15 is 0 Å². The van der Waals surface area contributed by atoms with Gasteiger partial charge in [0.25, 0.3) is 0 Å². The second-order valence-corrected chi connectivity index (χ2v) is 13.9. The summed E-state index contributed by atoms with van der Waals surface area (Å²) in [4.78, 5) is 23.6. The molecule has 25 heavy (non-hydrogen) atoms. The molecule has 5 heteroatoms. The highest BCUT2D eigenvalue weighted by molar-refractivity contribution is 6.83. The number of ketones is 1. The number of carbonyl (C=O) groups excluding carboxylic acids is 2. The molecule has 1 unspecified atom stereocenters. The van der Waals surface area contributed by atoms with Crippen molar-refractivity contribution in [3.8, 4) is 0 Å². The van der Waals surface area contributed by atoms with Gasteiger partial charge >= 0.3 is 5.97 Å². The van der Waals surface area contributed by atoms with Crippen LogP contribution in [0.25, 0.3) is 0 Å². The van der Waals surface area contributed by atoms with Gasteiger partial charge in [-0.1, -0.05) is 30.9 Å². The Morgan fingerprint density at radius 3 is 2.48 bits per heavy atom. The van der Waals surface area contributed by atoms with Crippen LogP contribution in [0, 0.1) is 0 Å². The zero-order valence-electron chi connectivity index (χ0n) is 16.9. The number of ether oxygens (including phenoxy) is 2. The molecule has 4 nitrogen and oxygen atoms in total. The number of rotatable bonds is 8. The van der Waals surface area contributed by atoms with Gasteiger partial charge in [0.05, 0.1) is 26.9 Å². The van der Waals surface area contributed by atoms with Gasteiger partial charge in [0, 0.05) is 12.8 Å². The summed E-state index contributed by atoms with van der Waals surface area (Å²) in [5.41, 5.74) is 0.637. The quantitative estimate of drug-likeness (QED) is 0.358. The van der Waals surface area contributed by atoms with Gasteiger partial charge in [0.1, 0.15) is 0 Å². The van der Waals surface area contributed by atoms with E-state index in [1.807, 2.05) is 26.8 Å². The first-order valence-corrected chi connectivity index (χ1v) is 12.6. The van der Waals surface area contributed by atoms with Gasteiger partial charge in [0.2, 0.25) is 0 Å². The molecule has 0 aromatic rings. The molecule has 0 heterocycles. The van der Waals surface area contributed by atoms with Crippen LogP contribution < -0.4 is 0 Å².